The predicted octanol–water partition coefficient (Wildman–Crippen LogP) is 4.14. The van der Waals surface area contributed by atoms with Gasteiger partial charge in [-0.3, -0.25) is 9.89 Å². The molecule has 1 fully saturated rings. The van der Waals surface area contributed by atoms with Gasteiger partial charge in [0, 0.05) is 24.9 Å². The molecule has 1 unspecified atom stereocenters. The van der Waals surface area contributed by atoms with Crippen LogP contribution in [-0.4, -0.2) is 29.9 Å². The minimum absolute atomic E-state index is 0.355. The summed E-state index contributed by atoms with van der Waals surface area (Å²) in [5, 5.41) is 2.37. The number of aliphatic imine (C=N–C) groups is 1. The monoisotopic (exact) mass is 280 g/mol. The highest BCUT2D eigenvalue weighted by Gasteiger charge is 2.40. The van der Waals surface area contributed by atoms with E-state index >= 15 is 0 Å². The molecular weight excluding hydrogens is 260 g/mol. The lowest BCUT2D eigenvalue weighted by Crippen LogP contribution is -2.53. The van der Waals surface area contributed by atoms with E-state index in [1.807, 2.05) is 6.21 Å². The third-order valence-electron chi connectivity index (χ3n) is 4.69. The van der Waals surface area contributed by atoms with Crippen molar-refractivity contribution in [2.75, 3.05) is 13.1 Å². The Morgan fingerprint density at radius 2 is 1.95 bits per heavy atom. The normalized spacial score (nSPS) is 25.0. The van der Waals surface area contributed by atoms with Crippen LogP contribution in [-0.2, 0) is 0 Å². The summed E-state index contributed by atoms with van der Waals surface area (Å²) in [5.41, 5.74) is 0.614. The largest absolute Gasteiger partial charge is 0.465 e. The fourth-order valence-electron chi connectivity index (χ4n) is 3.46. The SMILES string of the molecule is CCC1(N2CCCC2)C=Nc2c(ccc3ccccc23)O1. The first-order chi connectivity index (χ1) is 10.3. The van der Waals surface area contributed by atoms with Crippen molar-refractivity contribution in [1.29, 1.82) is 0 Å². The Labute approximate surface area is 125 Å². The standard InChI is InChI=1S/C18H20N2O/c1-2-18(20-11-5-6-12-20)13-19-17-15-8-4-3-7-14(15)9-10-16(17)21-18/h3-4,7-10,13H,2,5-6,11-12H2,1H3. The van der Waals surface area contributed by atoms with Crippen molar-refractivity contribution in [2.24, 2.45) is 4.99 Å². The van der Waals surface area contributed by atoms with E-state index in [2.05, 4.69) is 48.2 Å². The van der Waals surface area contributed by atoms with Gasteiger partial charge in [0.15, 0.2) is 5.72 Å². The summed E-state index contributed by atoms with van der Waals surface area (Å²) in [7, 11) is 0. The number of benzene rings is 2. The van der Waals surface area contributed by atoms with Crippen LogP contribution in [0.4, 0.5) is 5.69 Å². The molecule has 0 saturated carbocycles. The highest BCUT2D eigenvalue weighted by molar-refractivity contribution is 5.98. The highest BCUT2D eigenvalue weighted by Crippen LogP contribution is 2.42. The van der Waals surface area contributed by atoms with Crippen molar-refractivity contribution in [3.05, 3.63) is 36.4 Å². The van der Waals surface area contributed by atoms with Crippen LogP contribution in [0, 0.1) is 0 Å². The maximum Gasteiger partial charge on any atom is 0.199 e. The van der Waals surface area contributed by atoms with E-state index in [0.717, 1.165) is 36.3 Å². The van der Waals surface area contributed by atoms with Crippen molar-refractivity contribution in [2.45, 2.75) is 31.9 Å². The molecule has 21 heavy (non-hydrogen) atoms. The van der Waals surface area contributed by atoms with Gasteiger partial charge in [0.2, 0.25) is 0 Å². The van der Waals surface area contributed by atoms with Crippen LogP contribution in [0.2, 0.25) is 0 Å². The number of hydrogen-bond acceptors (Lipinski definition) is 3. The number of hydrogen-bond donors (Lipinski definition) is 0. The van der Waals surface area contributed by atoms with Gasteiger partial charge < -0.3 is 4.74 Å². The molecule has 0 aromatic heterocycles. The highest BCUT2D eigenvalue weighted by atomic mass is 16.5. The molecule has 0 amide bonds. The van der Waals surface area contributed by atoms with Gasteiger partial charge in [0.05, 0.1) is 6.21 Å². The maximum atomic E-state index is 6.44. The van der Waals surface area contributed by atoms with Gasteiger partial charge in [-0.1, -0.05) is 37.3 Å². The van der Waals surface area contributed by atoms with Crippen LogP contribution in [0.25, 0.3) is 10.8 Å². The van der Waals surface area contributed by atoms with Crippen LogP contribution in [0.1, 0.15) is 26.2 Å². The minimum Gasteiger partial charge on any atom is -0.465 e. The summed E-state index contributed by atoms with van der Waals surface area (Å²) in [4.78, 5) is 7.22. The zero-order chi connectivity index (χ0) is 14.3. The minimum atomic E-state index is -0.355. The number of rotatable bonds is 2. The second-order valence-corrected chi connectivity index (χ2v) is 5.89. The van der Waals surface area contributed by atoms with E-state index in [0.29, 0.717) is 0 Å². The molecule has 108 valence electrons. The van der Waals surface area contributed by atoms with Crippen molar-refractivity contribution >= 4 is 22.7 Å². The average Bonchev–Trinajstić information content (AvgIpc) is 3.09. The van der Waals surface area contributed by atoms with Crippen LogP contribution in [0.5, 0.6) is 5.75 Å². The van der Waals surface area contributed by atoms with Gasteiger partial charge in [-0.05, 0) is 24.3 Å². The van der Waals surface area contributed by atoms with Gasteiger partial charge in [-0.2, -0.15) is 0 Å². The van der Waals surface area contributed by atoms with Gasteiger partial charge in [-0.25, -0.2) is 0 Å². The number of likely N-dealkylation sites (tertiary alicyclic amines) is 1. The summed E-state index contributed by atoms with van der Waals surface area (Å²) in [6.45, 7) is 4.38. The molecule has 2 heterocycles. The molecule has 4 rings (SSSR count). The molecule has 3 nitrogen and oxygen atoms in total. The molecule has 0 bridgehead atoms. The molecule has 1 atom stereocenters. The molecule has 2 aliphatic heterocycles. The lowest BCUT2D eigenvalue weighted by Gasteiger charge is -2.40. The molecule has 2 aromatic rings. The fourth-order valence-corrected chi connectivity index (χ4v) is 3.46. The number of nitrogens with zero attached hydrogens (tertiary/aromatic N) is 2. The summed E-state index contributed by atoms with van der Waals surface area (Å²) in [6.07, 6.45) is 5.45. The summed E-state index contributed by atoms with van der Waals surface area (Å²) >= 11 is 0. The van der Waals surface area contributed by atoms with Crippen LogP contribution < -0.4 is 4.74 Å². The van der Waals surface area contributed by atoms with E-state index in [1.165, 1.54) is 18.2 Å². The van der Waals surface area contributed by atoms with Crippen molar-refractivity contribution < 1.29 is 4.74 Å². The van der Waals surface area contributed by atoms with Crippen LogP contribution in [0.15, 0.2) is 41.4 Å². The molecule has 1 saturated heterocycles. The van der Waals surface area contributed by atoms with Crippen molar-refractivity contribution in [1.82, 2.24) is 4.90 Å². The first kappa shape index (κ1) is 12.8. The predicted molar refractivity (Wildman–Crippen MR) is 86.6 cm³/mol. The maximum absolute atomic E-state index is 6.44. The Bertz CT molecular complexity index is 703. The zero-order valence-electron chi connectivity index (χ0n) is 12.4. The molecule has 0 aliphatic carbocycles. The second kappa shape index (κ2) is 4.85. The first-order valence-electron chi connectivity index (χ1n) is 7.83. The quantitative estimate of drug-likeness (QED) is 0.826. The van der Waals surface area contributed by atoms with Crippen LogP contribution >= 0.6 is 0 Å². The van der Waals surface area contributed by atoms with E-state index < -0.39 is 0 Å². The lowest BCUT2D eigenvalue weighted by atomic mass is 10.0. The number of ether oxygens (including phenoxy) is 1. The Balaban J connectivity index is 1.81. The molecular formula is C18H20N2O. The number of fused-ring (bicyclic) bond motifs is 3. The van der Waals surface area contributed by atoms with Crippen molar-refractivity contribution in [3.63, 3.8) is 0 Å². The van der Waals surface area contributed by atoms with Crippen molar-refractivity contribution in [3.8, 4) is 5.75 Å². The molecule has 0 spiro atoms. The summed E-state index contributed by atoms with van der Waals surface area (Å²) < 4.78 is 6.44. The Kier molecular flexibility index (Phi) is 2.96. The van der Waals surface area contributed by atoms with E-state index in [4.69, 9.17) is 9.73 Å². The van der Waals surface area contributed by atoms with E-state index in [-0.39, 0.29) is 5.72 Å². The lowest BCUT2D eigenvalue weighted by molar-refractivity contribution is -0.0131. The van der Waals surface area contributed by atoms with E-state index in [1.54, 1.807) is 0 Å². The summed E-state index contributed by atoms with van der Waals surface area (Å²) in [6, 6.07) is 12.5. The van der Waals surface area contributed by atoms with Gasteiger partial charge >= 0.3 is 0 Å². The second-order valence-electron chi connectivity index (χ2n) is 5.89. The molecule has 2 aliphatic rings. The third kappa shape index (κ3) is 1.95. The van der Waals surface area contributed by atoms with E-state index in [9.17, 15) is 0 Å². The van der Waals surface area contributed by atoms with Gasteiger partial charge in [0.25, 0.3) is 0 Å². The molecule has 0 N–H and O–H groups in total. The average molecular weight is 280 g/mol. The first-order valence-corrected chi connectivity index (χ1v) is 7.83. The van der Waals surface area contributed by atoms with Crippen LogP contribution in [0.3, 0.4) is 0 Å². The Morgan fingerprint density at radius 1 is 1.14 bits per heavy atom. The zero-order valence-corrected chi connectivity index (χ0v) is 12.4. The summed E-state index contributed by atoms with van der Waals surface area (Å²) in [5.74, 6) is 0.907. The Morgan fingerprint density at radius 3 is 2.76 bits per heavy atom. The molecule has 3 heteroatoms. The third-order valence-corrected chi connectivity index (χ3v) is 4.69. The fraction of sp³-hybridized carbons (Fsp3) is 0.389. The smallest absolute Gasteiger partial charge is 0.199 e. The Hall–Kier alpha value is -1.87. The molecule has 0 radical (unpaired) electrons. The topological polar surface area (TPSA) is 24.8 Å². The van der Waals surface area contributed by atoms with Gasteiger partial charge in [0.1, 0.15) is 11.4 Å². The molecule has 2 aromatic carbocycles. The van der Waals surface area contributed by atoms with Gasteiger partial charge in [-0.15, -0.1) is 0 Å².